The fourth-order valence-corrected chi connectivity index (χ4v) is 4.12. The van der Waals surface area contributed by atoms with Crippen molar-refractivity contribution >= 4 is 22.5 Å². The van der Waals surface area contributed by atoms with E-state index < -0.39 is 0 Å². The number of rotatable bonds is 8. The molecule has 3 rings (SSSR count). The van der Waals surface area contributed by atoms with Gasteiger partial charge in [-0.1, -0.05) is 26.0 Å². The molecule has 29 heavy (non-hydrogen) atoms. The number of anilines is 1. The molecule has 2 aromatic rings. The van der Waals surface area contributed by atoms with Crippen LogP contribution >= 0.6 is 11.3 Å². The molecule has 7 nitrogen and oxygen atoms in total. The molecule has 2 heterocycles. The minimum absolute atomic E-state index is 0.213. The van der Waals surface area contributed by atoms with E-state index in [4.69, 9.17) is 9.47 Å². The second-order valence-corrected chi connectivity index (χ2v) is 8.44. The van der Waals surface area contributed by atoms with Gasteiger partial charge in [0.15, 0.2) is 5.13 Å². The predicted molar refractivity (Wildman–Crippen MR) is 116 cm³/mol. The van der Waals surface area contributed by atoms with Crippen molar-refractivity contribution in [3.8, 4) is 5.75 Å². The number of carbonyl (C=O) groups excluding carboxylic acids is 1. The van der Waals surface area contributed by atoms with Crippen LogP contribution < -0.4 is 15.4 Å². The fourth-order valence-electron chi connectivity index (χ4n) is 3.24. The molecule has 0 bridgehead atoms. The highest BCUT2D eigenvalue weighted by atomic mass is 32.1. The number of thiazole rings is 1. The summed E-state index contributed by atoms with van der Waals surface area (Å²) >= 11 is 1.44. The smallest absolute Gasteiger partial charge is 0.321 e. The number of aromatic nitrogens is 1. The first-order valence-electron chi connectivity index (χ1n) is 9.94. The van der Waals surface area contributed by atoms with Crippen molar-refractivity contribution in [3.05, 3.63) is 40.9 Å². The van der Waals surface area contributed by atoms with E-state index in [9.17, 15) is 4.79 Å². The summed E-state index contributed by atoms with van der Waals surface area (Å²) in [4.78, 5) is 19.2. The summed E-state index contributed by atoms with van der Waals surface area (Å²) < 4.78 is 10.6. The lowest BCUT2D eigenvalue weighted by atomic mass is 9.82. The number of benzene rings is 1. The maximum Gasteiger partial charge on any atom is 0.321 e. The highest BCUT2D eigenvalue weighted by molar-refractivity contribution is 7.13. The van der Waals surface area contributed by atoms with E-state index in [2.05, 4.69) is 34.4 Å². The Morgan fingerprint density at radius 3 is 2.69 bits per heavy atom. The largest absolute Gasteiger partial charge is 0.497 e. The van der Waals surface area contributed by atoms with Gasteiger partial charge < -0.3 is 14.8 Å². The van der Waals surface area contributed by atoms with Crippen LogP contribution in [0, 0.1) is 0 Å². The molecule has 1 aliphatic rings. The average Bonchev–Trinajstić information content (AvgIpc) is 3.21. The van der Waals surface area contributed by atoms with Crippen LogP contribution in [0.15, 0.2) is 29.6 Å². The summed E-state index contributed by atoms with van der Waals surface area (Å²) in [7, 11) is 1.66. The van der Waals surface area contributed by atoms with Gasteiger partial charge in [-0.15, -0.1) is 11.3 Å². The maximum atomic E-state index is 12.2. The normalized spacial score (nSPS) is 15.1. The van der Waals surface area contributed by atoms with E-state index in [0.29, 0.717) is 11.7 Å². The minimum atomic E-state index is -0.267. The number of methoxy groups -OCH3 is 1. The summed E-state index contributed by atoms with van der Waals surface area (Å²) in [5.74, 6) is 0.829. The number of nitrogens with one attached hydrogen (secondary N) is 2. The Morgan fingerprint density at radius 1 is 1.28 bits per heavy atom. The molecule has 0 aliphatic carbocycles. The van der Waals surface area contributed by atoms with Gasteiger partial charge in [0.2, 0.25) is 0 Å². The zero-order valence-corrected chi connectivity index (χ0v) is 18.2. The SMILES string of the molecule is COc1ccc(C(C)(C)c2csc(NC(=O)NCCCN3CCOCC3)n2)cc1. The van der Waals surface area contributed by atoms with E-state index in [-0.39, 0.29) is 11.4 Å². The molecule has 0 unspecified atom stereocenters. The quantitative estimate of drug-likeness (QED) is 0.643. The Morgan fingerprint density at radius 2 is 2.00 bits per heavy atom. The van der Waals surface area contributed by atoms with Crippen molar-refractivity contribution < 1.29 is 14.3 Å². The lowest BCUT2D eigenvalue weighted by Gasteiger charge is -2.26. The molecule has 1 aromatic carbocycles. The highest BCUT2D eigenvalue weighted by Gasteiger charge is 2.26. The van der Waals surface area contributed by atoms with Gasteiger partial charge in [-0.05, 0) is 30.7 Å². The summed E-state index contributed by atoms with van der Waals surface area (Å²) in [6, 6.07) is 7.79. The first kappa shape index (κ1) is 21.5. The van der Waals surface area contributed by atoms with E-state index >= 15 is 0 Å². The summed E-state index contributed by atoms with van der Waals surface area (Å²) in [5.41, 5.74) is 1.80. The van der Waals surface area contributed by atoms with Crippen LogP contribution in [0.2, 0.25) is 0 Å². The molecule has 2 amide bonds. The molecule has 1 aliphatic heterocycles. The number of nitrogens with zero attached hydrogens (tertiary/aromatic N) is 2. The molecule has 158 valence electrons. The lowest BCUT2D eigenvalue weighted by Crippen LogP contribution is -2.38. The standard InChI is InChI=1S/C21H30N4O3S/c1-21(2,16-5-7-17(27-3)8-6-16)18-15-29-20(23-18)24-19(26)22-9-4-10-25-11-13-28-14-12-25/h5-8,15H,4,9-14H2,1-3H3,(H2,22,23,24,26). The lowest BCUT2D eigenvalue weighted by molar-refractivity contribution is 0.0375. The third kappa shape index (κ3) is 5.91. The van der Waals surface area contributed by atoms with Crippen molar-refractivity contribution in [1.29, 1.82) is 0 Å². The monoisotopic (exact) mass is 418 g/mol. The van der Waals surface area contributed by atoms with Crippen LogP contribution in [0.1, 0.15) is 31.5 Å². The molecule has 0 spiro atoms. The first-order valence-corrected chi connectivity index (χ1v) is 10.8. The Bertz CT molecular complexity index is 785. The molecule has 1 aromatic heterocycles. The van der Waals surface area contributed by atoms with Crippen molar-refractivity contribution in [2.75, 3.05) is 51.8 Å². The van der Waals surface area contributed by atoms with E-state index in [1.807, 2.05) is 29.6 Å². The molecular formula is C21H30N4O3S. The minimum Gasteiger partial charge on any atom is -0.497 e. The van der Waals surface area contributed by atoms with E-state index in [1.165, 1.54) is 11.3 Å². The Hall–Kier alpha value is -2.16. The van der Waals surface area contributed by atoms with Crippen LogP contribution in [-0.4, -0.2) is 62.4 Å². The predicted octanol–water partition coefficient (Wildman–Crippen LogP) is 3.32. The number of hydrogen-bond donors (Lipinski definition) is 2. The van der Waals surface area contributed by atoms with Crippen molar-refractivity contribution in [2.24, 2.45) is 0 Å². The molecule has 0 saturated carbocycles. The van der Waals surface area contributed by atoms with E-state index in [0.717, 1.165) is 56.3 Å². The summed E-state index contributed by atoms with van der Waals surface area (Å²) in [5, 5.41) is 8.36. The van der Waals surface area contributed by atoms with Crippen LogP contribution in [0.5, 0.6) is 5.75 Å². The highest BCUT2D eigenvalue weighted by Crippen LogP contribution is 2.34. The zero-order valence-electron chi connectivity index (χ0n) is 17.4. The van der Waals surface area contributed by atoms with Gasteiger partial charge in [0, 0.05) is 30.4 Å². The summed E-state index contributed by atoms with van der Waals surface area (Å²) in [6.07, 6.45) is 0.918. The van der Waals surface area contributed by atoms with Crippen LogP contribution in [0.3, 0.4) is 0 Å². The number of amides is 2. The average molecular weight is 419 g/mol. The van der Waals surface area contributed by atoms with Crippen molar-refractivity contribution in [2.45, 2.75) is 25.7 Å². The summed E-state index contributed by atoms with van der Waals surface area (Å²) in [6.45, 7) is 9.40. The number of morpholine rings is 1. The Labute approximate surface area is 176 Å². The van der Waals surface area contributed by atoms with Crippen LogP contribution in [0.25, 0.3) is 0 Å². The Kier molecular flexibility index (Phi) is 7.46. The third-order valence-corrected chi connectivity index (χ3v) is 5.97. The Balaban J connectivity index is 1.47. The van der Waals surface area contributed by atoms with Gasteiger partial charge in [0.05, 0.1) is 26.0 Å². The van der Waals surface area contributed by atoms with Crippen LogP contribution in [-0.2, 0) is 10.2 Å². The molecule has 1 saturated heterocycles. The van der Waals surface area contributed by atoms with E-state index in [1.54, 1.807) is 7.11 Å². The maximum absolute atomic E-state index is 12.2. The van der Waals surface area contributed by atoms with Gasteiger partial charge in [-0.3, -0.25) is 10.2 Å². The van der Waals surface area contributed by atoms with Gasteiger partial charge in [0.25, 0.3) is 0 Å². The third-order valence-electron chi connectivity index (χ3n) is 5.22. The number of hydrogen-bond acceptors (Lipinski definition) is 6. The molecule has 0 atom stereocenters. The van der Waals surface area contributed by atoms with Crippen molar-refractivity contribution in [3.63, 3.8) is 0 Å². The molecule has 0 radical (unpaired) electrons. The molecule has 8 heteroatoms. The molecule has 2 N–H and O–H groups in total. The van der Waals surface area contributed by atoms with Gasteiger partial charge >= 0.3 is 6.03 Å². The first-order chi connectivity index (χ1) is 14.0. The molecular weight excluding hydrogens is 388 g/mol. The number of carbonyl (C=O) groups is 1. The topological polar surface area (TPSA) is 75.7 Å². The fraction of sp³-hybridized carbons (Fsp3) is 0.524. The second-order valence-electron chi connectivity index (χ2n) is 7.58. The number of ether oxygens (including phenoxy) is 2. The molecule has 1 fully saturated rings. The number of urea groups is 1. The zero-order chi connectivity index (χ0) is 20.7. The van der Waals surface area contributed by atoms with Crippen molar-refractivity contribution in [1.82, 2.24) is 15.2 Å². The van der Waals surface area contributed by atoms with Crippen LogP contribution in [0.4, 0.5) is 9.93 Å². The van der Waals surface area contributed by atoms with Gasteiger partial charge in [-0.2, -0.15) is 0 Å². The second kappa shape index (κ2) is 10.0. The van der Waals surface area contributed by atoms with Gasteiger partial charge in [-0.25, -0.2) is 9.78 Å². The van der Waals surface area contributed by atoms with Gasteiger partial charge in [0.1, 0.15) is 5.75 Å².